The van der Waals surface area contributed by atoms with Gasteiger partial charge in [0.1, 0.15) is 5.75 Å². The fourth-order valence-corrected chi connectivity index (χ4v) is 2.35. The molecule has 1 heterocycles. The highest BCUT2D eigenvalue weighted by atomic mass is 35.5. The molecule has 2 aromatic rings. The van der Waals surface area contributed by atoms with E-state index >= 15 is 0 Å². The number of benzene rings is 2. The summed E-state index contributed by atoms with van der Waals surface area (Å²) >= 11 is 12.2. The summed E-state index contributed by atoms with van der Waals surface area (Å²) in [6.45, 7) is 0. The van der Waals surface area contributed by atoms with Gasteiger partial charge in [0.15, 0.2) is 11.7 Å². The smallest absolute Gasteiger partial charge is 0.175 e. The Labute approximate surface area is 130 Å². The van der Waals surface area contributed by atoms with Crippen molar-refractivity contribution in [2.75, 3.05) is 0 Å². The van der Waals surface area contributed by atoms with Crippen LogP contribution < -0.4 is 10.9 Å². The molecular weight excluding hydrogens is 311 g/mol. The van der Waals surface area contributed by atoms with E-state index in [0.717, 1.165) is 5.56 Å². The van der Waals surface area contributed by atoms with Crippen LogP contribution in [-0.4, -0.2) is 16.8 Å². The summed E-state index contributed by atoms with van der Waals surface area (Å²) in [5.41, 5.74) is 7.03. The van der Waals surface area contributed by atoms with E-state index in [1.54, 1.807) is 12.1 Å². The summed E-state index contributed by atoms with van der Waals surface area (Å²) < 4.78 is 0. The number of hydrazone groups is 2. The molecule has 0 saturated heterocycles. The van der Waals surface area contributed by atoms with E-state index in [0.29, 0.717) is 27.3 Å². The van der Waals surface area contributed by atoms with E-state index in [1.807, 2.05) is 18.2 Å². The molecule has 0 saturated carbocycles. The average molecular weight is 321 g/mol. The molecule has 0 fully saturated rings. The first-order chi connectivity index (χ1) is 10.1. The number of rotatable bonds is 2. The van der Waals surface area contributed by atoms with E-state index in [1.165, 1.54) is 12.1 Å². The van der Waals surface area contributed by atoms with E-state index < -0.39 is 0 Å². The monoisotopic (exact) mass is 320 g/mol. The summed E-state index contributed by atoms with van der Waals surface area (Å²) in [5, 5.41) is 18.7. The second kappa shape index (κ2) is 5.63. The fraction of sp³-hybridized carbons (Fsp3) is 0. The molecule has 1 aliphatic rings. The van der Waals surface area contributed by atoms with Gasteiger partial charge in [-0.3, -0.25) is 10.9 Å². The lowest BCUT2D eigenvalue weighted by atomic mass is 10.2. The third-order valence-corrected chi connectivity index (χ3v) is 3.53. The van der Waals surface area contributed by atoms with Gasteiger partial charge in [0.05, 0.1) is 10.0 Å². The molecule has 0 bridgehead atoms. The van der Waals surface area contributed by atoms with Crippen molar-refractivity contribution in [1.29, 1.82) is 0 Å². The standard InChI is InChI=1S/C14H10Cl2N4O/c15-11-4-2-1-3-9(11)13-17-19-14(20-18-13)10-6-5-8(21)7-12(10)16/h1-7,21H,(H,17,18)(H,19,20). The molecule has 1 aliphatic heterocycles. The van der Waals surface area contributed by atoms with Crippen molar-refractivity contribution in [3.05, 3.63) is 63.6 Å². The van der Waals surface area contributed by atoms with E-state index in [2.05, 4.69) is 21.1 Å². The molecule has 0 aliphatic carbocycles. The van der Waals surface area contributed by atoms with Gasteiger partial charge in [-0.2, -0.15) is 10.2 Å². The number of halogens is 2. The van der Waals surface area contributed by atoms with Gasteiger partial charge in [0, 0.05) is 11.1 Å². The first-order valence-corrected chi connectivity index (χ1v) is 6.82. The minimum Gasteiger partial charge on any atom is -0.508 e. The van der Waals surface area contributed by atoms with Gasteiger partial charge in [-0.25, -0.2) is 0 Å². The van der Waals surface area contributed by atoms with Gasteiger partial charge in [0.25, 0.3) is 0 Å². The highest BCUT2D eigenvalue weighted by Crippen LogP contribution is 2.22. The molecular formula is C14H10Cl2N4O. The van der Waals surface area contributed by atoms with Gasteiger partial charge in [-0.15, -0.1) is 0 Å². The Morgan fingerprint density at radius 1 is 0.810 bits per heavy atom. The normalized spacial score (nSPS) is 13.8. The summed E-state index contributed by atoms with van der Waals surface area (Å²) in [6, 6.07) is 11.9. The topological polar surface area (TPSA) is 69.0 Å². The highest BCUT2D eigenvalue weighted by Gasteiger charge is 2.15. The average Bonchev–Trinajstić information content (AvgIpc) is 2.48. The summed E-state index contributed by atoms with van der Waals surface area (Å²) in [7, 11) is 0. The van der Waals surface area contributed by atoms with Crippen LogP contribution in [0.5, 0.6) is 5.75 Å². The maximum absolute atomic E-state index is 9.35. The van der Waals surface area contributed by atoms with E-state index in [9.17, 15) is 5.11 Å². The Morgan fingerprint density at radius 3 is 2.00 bits per heavy atom. The number of amidine groups is 2. The maximum atomic E-state index is 9.35. The number of nitrogens with one attached hydrogen (secondary N) is 2. The second-order valence-electron chi connectivity index (χ2n) is 4.29. The number of hydrogen-bond donors (Lipinski definition) is 3. The first-order valence-electron chi connectivity index (χ1n) is 6.06. The third-order valence-electron chi connectivity index (χ3n) is 2.88. The highest BCUT2D eigenvalue weighted by molar-refractivity contribution is 6.35. The van der Waals surface area contributed by atoms with Crippen LogP contribution in [0.3, 0.4) is 0 Å². The van der Waals surface area contributed by atoms with Crippen molar-refractivity contribution < 1.29 is 5.11 Å². The number of hydrogen-bond acceptors (Lipinski definition) is 5. The zero-order valence-corrected chi connectivity index (χ0v) is 12.2. The van der Waals surface area contributed by atoms with Crippen molar-refractivity contribution in [2.24, 2.45) is 10.2 Å². The summed E-state index contributed by atoms with van der Waals surface area (Å²) in [4.78, 5) is 0. The van der Waals surface area contributed by atoms with Crippen LogP contribution in [-0.2, 0) is 0 Å². The number of phenolic OH excluding ortho intramolecular Hbond substituents is 1. The minimum atomic E-state index is 0.0911. The van der Waals surface area contributed by atoms with Gasteiger partial charge < -0.3 is 5.11 Å². The molecule has 0 spiro atoms. The molecule has 7 heteroatoms. The van der Waals surface area contributed by atoms with E-state index in [4.69, 9.17) is 23.2 Å². The molecule has 3 N–H and O–H groups in total. The van der Waals surface area contributed by atoms with Crippen LogP contribution in [0.2, 0.25) is 10.0 Å². The molecule has 106 valence electrons. The van der Waals surface area contributed by atoms with Crippen molar-refractivity contribution >= 4 is 34.9 Å². The zero-order chi connectivity index (χ0) is 14.8. The molecule has 0 atom stereocenters. The van der Waals surface area contributed by atoms with Gasteiger partial charge >= 0.3 is 0 Å². The van der Waals surface area contributed by atoms with Crippen LogP contribution in [0.15, 0.2) is 52.7 Å². The van der Waals surface area contributed by atoms with Crippen molar-refractivity contribution in [3.63, 3.8) is 0 Å². The maximum Gasteiger partial charge on any atom is 0.175 e. The number of phenols is 1. The Bertz CT molecular complexity index is 758. The van der Waals surface area contributed by atoms with Crippen LogP contribution in [0, 0.1) is 0 Å². The Hall–Kier alpha value is -2.24. The first kappa shape index (κ1) is 13.7. The lowest BCUT2D eigenvalue weighted by Crippen LogP contribution is -2.34. The number of nitrogens with zero attached hydrogens (tertiary/aromatic N) is 2. The SMILES string of the molecule is Oc1ccc(C2=NNC(c3ccccc3Cl)=NN2)c(Cl)c1. The van der Waals surface area contributed by atoms with Crippen molar-refractivity contribution in [2.45, 2.75) is 0 Å². The summed E-state index contributed by atoms with van der Waals surface area (Å²) in [6.07, 6.45) is 0. The lowest BCUT2D eigenvalue weighted by Gasteiger charge is -2.16. The van der Waals surface area contributed by atoms with Gasteiger partial charge in [-0.1, -0.05) is 35.3 Å². The molecule has 0 unspecified atom stereocenters. The third kappa shape index (κ3) is 2.79. The zero-order valence-electron chi connectivity index (χ0n) is 10.6. The molecule has 5 nitrogen and oxygen atoms in total. The minimum absolute atomic E-state index is 0.0911. The quantitative estimate of drug-likeness (QED) is 0.796. The lowest BCUT2D eigenvalue weighted by molar-refractivity contribution is 0.475. The molecule has 0 radical (unpaired) electrons. The second-order valence-corrected chi connectivity index (χ2v) is 5.10. The van der Waals surface area contributed by atoms with Gasteiger partial charge in [-0.05, 0) is 30.3 Å². The Morgan fingerprint density at radius 2 is 1.43 bits per heavy atom. The number of aromatic hydroxyl groups is 1. The van der Waals surface area contributed by atoms with Gasteiger partial charge in [0.2, 0.25) is 0 Å². The van der Waals surface area contributed by atoms with Crippen LogP contribution in [0.1, 0.15) is 11.1 Å². The molecule has 2 aromatic carbocycles. The molecule has 21 heavy (non-hydrogen) atoms. The van der Waals surface area contributed by atoms with E-state index in [-0.39, 0.29) is 5.75 Å². The molecule has 0 aromatic heterocycles. The largest absolute Gasteiger partial charge is 0.508 e. The Kier molecular flexibility index (Phi) is 3.68. The van der Waals surface area contributed by atoms with Crippen LogP contribution in [0.25, 0.3) is 0 Å². The summed E-state index contributed by atoms with van der Waals surface area (Å²) in [5.74, 6) is 1.06. The fourth-order valence-electron chi connectivity index (χ4n) is 1.86. The van der Waals surface area contributed by atoms with Crippen LogP contribution in [0.4, 0.5) is 0 Å². The molecule has 0 amide bonds. The predicted octanol–water partition coefficient (Wildman–Crippen LogP) is 2.92. The predicted molar refractivity (Wildman–Crippen MR) is 83.9 cm³/mol. The van der Waals surface area contributed by atoms with Crippen molar-refractivity contribution in [1.82, 2.24) is 10.9 Å². The Balaban J connectivity index is 1.85. The molecule has 3 rings (SSSR count). The van der Waals surface area contributed by atoms with Crippen molar-refractivity contribution in [3.8, 4) is 5.75 Å². The van der Waals surface area contributed by atoms with Crippen LogP contribution >= 0.6 is 23.2 Å².